The molecular weight excluding hydrogens is 469 g/mol. The Kier molecular flexibility index (Phi) is 5.39. The lowest BCUT2D eigenvalue weighted by Gasteiger charge is -2.12. The van der Waals surface area contributed by atoms with Crippen molar-refractivity contribution < 1.29 is 14.4 Å². The smallest absolute Gasteiger partial charge is 0.361 e. The summed E-state index contributed by atoms with van der Waals surface area (Å²) in [7, 11) is 1.53. The van der Waals surface area contributed by atoms with Gasteiger partial charge in [-0.3, -0.25) is 20.0 Å². The molecule has 0 saturated heterocycles. The number of methoxy groups -OCH3 is 1. The molecule has 2 heterocycles. The van der Waals surface area contributed by atoms with Crippen molar-refractivity contribution in [3.05, 3.63) is 53.8 Å². The van der Waals surface area contributed by atoms with Crippen LogP contribution in [0.5, 0.6) is 11.5 Å². The summed E-state index contributed by atoms with van der Waals surface area (Å²) in [6.45, 7) is 2.36. The number of halogens is 1. The van der Waals surface area contributed by atoms with E-state index in [4.69, 9.17) is 9.47 Å². The molecule has 0 aliphatic rings. The van der Waals surface area contributed by atoms with Crippen LogP contribution in [0.25, 0.3) is 17.9 Å². The van der Waals surface area contributed by atoms with Gasteiger partial charge in [-0.15, -0.1) is 0 Å². The standard InChI is InChI=1S/C16H14IN5O5/c1-3-27-14-10(17)6-9(7-12(14)26-2)4-5-11-13(22(24)25)15(23)21-16(20-11)18-8-19-21/h4-8H,3H2,1-2H3,(H,18,19,20)/b5-4-. The predicted molar refractivity (Wildman–Crippen MR) is 106 cm³/mol. The molecule has 3 rings (SSSR count). The van der Waals surface area contributed by atoms with Gasteiger partial charge in [0.1, 0.15) is 6.33 Å². The first-order valence-corrected chi connectivity index (χ1v) is 8.83. The van der Waals surface area contributed by atoms with E-state index in [9.17, 15) is 14.9 Å². The van der Waals surface area contributed by atoms with Gasteiger partial charge in [0, 0.05) is 0 Å². The molecule has 1 N–H and O–H groups in total. The topological polar surface area (TPSA) is 125 Å². The van der Waals surface area contributed by atoms with Gasteiger partial charge in [0.05, 0.1) is 22.2 Å². The Morgan fingerprint density at radius 3 is 2.85 bits per heavy atom. The Morgan fingerprint density at radius 2 is 2.19 bits per heavy atom. The summed E-state index contributed by atoms with van der Waals surface area (Å²) in [5, 5.41) is 13.8. The van der Waals surface area contributed by atoms with Crippen LogP contribution < -0.4 is 15.0 Å². The molecule has 0 unspecified atom stereocenters. The van der Waals surface area contributed by atoms with Crippen LogP contribution in [-0.2, 0) is 0 Å². The van der Waals surface area contributed by atoms with Crippen LogP contribution in [0.4, 0.5) is 5.69 Å². The first-order valence-electron chi connectivity index (χ1n) is 7.75. The van der Waals surface area contributed by atoms with Gasteiger partial charge in [-0.25, -0.2) is 9.97 Å². The van der Waals surface area contributed by atoms with E-state index in [1.807, 2.05) is 13.0 Å². The van der Waals surface area contributed by atoms with Crippen LogP contribution in [-0.4, -0.2) is 38.2 Å². The minimum atomic E-state index is -0.832. The van der Waals surface area contributed by atoms with Crippen LogP contribution in [0.1, 0.15) is 18.2 Å². The summed E-state index contributed by atoms with van der Waals surface area (Å²) in [5.41, 5.74) is -0.848. The Bertz CT molecular complexity index is 1100. The number of rotatable bonds is 6. The fraction of sp³-hybridized carbons (Fsp3) is 0.188. The van der Waals surface area contributed by atoms with Crippen molar-refractivity contribution in [3.8, 4) is 11.5 Å². The summed E-state index contributed by atoms with van der Waals surface area (Å²) >= 11 is 2.12. The number of benzene rings is 1. The maximum atomic E-state index is 12.3. The van der Waals surface area contributed by atoms with Crippen molar-refractivity contribution in [1.29, 1.82) is 0 Å². The normalized spacial score (nSPS) is 11.2. The van der Waals surface area contributed by atoms with Crippen molar-refractivity contribution >= 4 is 46.2 Å². The highest BCUT2D eigenvalue weighted by Gasteiger charge is 2.22. The Morgan fingerprint density at radius 1 is 1.41 bits per heavy atom. The van der Waals surface area contributed by atoms with E-state index in [-0.39, 0.29) is 11.5 Å². The number of nitro groups is 1. The maximum absolute atomic E-state index is 12.3. The first kappa shape index (κ1) is 18.8. The Balaban J connectivity index is 2.08. The Labute approximate surface area is 166 Å². The van der Waals surface area contributed by atoms with Gasteiger partial charge in [0.25, 0.3) is 5.78 Å². The predicted octanol–water partition coefficient (Wildman–Crippen LogP) is 2.51. The highest BCUT2D eigenvalue weighted by molar-refractivity contribution is 14.1. The SMILES string of the molecule is CCOc1c(I)cc(/C=C\c2nc3nc[nH]n3c(=O)c2[N+](=O)[O-])cc1OC. The molecule has 0 bridgehead atoms. The van der Waals surface area contributed by atoms with E-state index < -0.39 is 16.2 Å². The van der Waals surface area contributed by atoms with E-state index in [0.717, 1.165) is 8.09 Å². The monoisotopic (exact) mass is 483 g/mol. The zero-order chi connectivity index (χ0) is 19.6. The third-order valence-corrected chi connectivity index (χ3v) is 4.39. The molecule has 0 saturated carbocycles. The van der Waals surface area contributed by atoms with Gasteiger partial charge < -0.3 is 9.47 Å². The van der Waals surface area contributed by atoms with E-state index in [0.29, 0.717) is 23.7 Å². The van der Waals surface area contributed by atoms with E-state index in [1.54, 1.807) is 12.1 Å². The molecule has 10 nitrogen and oxygen atoms in total. The molecule has 0 aliphatic carbocycles. The minimum absolute atomic E-state index is 0.0455. The number of ether oxygens (including phenoxy) is 2. The van der Waals surface area contributed by atoms with Crippen molar-refractivity contribution in [2.24, 2.45) is 0 Å². The van der Waals surface area contributed by atoms with Gasteiger partial charge in [0.2, 0.25) is 0 Å². The third kappa shape index (κ3) is 3.63. The molecule has 1 aromatic carbocycles. The Hall–Kier alpha value is -2.96. The molecule has 140 valence electrons. The van der Waals surface area contributed by atoms with Crippen LogP contribution in [0.3, 0.4) is 0 Å². The quantitative estimate of drug-likeness (QED) is 0.325. The van der Waals surface area contributed by atoms with E-state index >= 15 is 0 Å². The lowest BCUT2D eigenvalue weighted by atomic mass is 10.1. The maximum Gasteiger partial charge on any atom is 0.361 e. The van der Waals surface area contributed by atoms with Crippen LogP contribution >= 0.6 is 22.6 Å². The highest BCUT2D eigenvalue weighted by Crippen LogP contribution is 2.34. The first-order chi connectivity index (χ1) is 13.0. The molecule has 2 aromatic heterocycles. The number of fused-ring (bicyclic) bond motifs is 1. The summed E-state index contributed by atoms with van der Waals surface area (Å²) in [4.78, 5) is 30.8. The number of nitrogens with one attached hydrogen (secondary N) is 1. The van der Waals surface area contributed by atoms with Gasteiger partial charge in [-0.05, 0) is 53.3 Å². The number of nitrogens with zero attached hydrogens (tertiary/aromatic N) is 4. The molecule has 27 heavy (non-hydrogen) atoms. The second-order valence-electron chi connectivity index (χ2n) is 5.23. The van der Waals surface area contributed by atoms with Gasteiger partial charge in [-0.1, -0.05) is 6.08 Å². The van der Waals surface area contributed by atoms with Crippen molar-refractivity contribution in [2.45, 2.75) is 6.92 Å². The van der Waals surface area contributed by atoms with Gasteiger partial charge in [0.15, 0.2) is 17.2 Å². The lowest BCUT2D eigenvalue weighted by Crippen LogP contribution is -2.20. The van der Waals surface area contributed by atoms with Crippen molar-refractivity contribution in [3.63, 3.8) is 0 Å². The second kappa shape index (κ2) is 7.73. The number of aromatic amines is 1. The molecule has 0 amide bonds. The van der Waals surface area contributed by atoms with Crippen LogP contribution in [0, 0.1) is 13.7 Å². The average molecular weight is 483 g/mol. The molecule has 0 radical (unpaired) electrons. The lowest BCUT2D eigenvalue weighted by molar-refractivity contribution is -0.386. The molecular formula is C16H14IN5O5. The summed E-state index contributed by atoms with van der Waals surface area (Å²) in [5.74, 6) is 1.20. The fourth-order valence-electron chi connectivity index (χ4n) is 2.45. The molecule has 0 spiro atoms. The molecule has 0 aliphatic heterocycles. The van der Waals surface area contributed by atoms with E-state index in [1.165, 1.54) is 19.5 Å². The van der Waals surface area contributed by atoms with Crippen molar-refractivity contribution in [1.82, 2.24) is 19.6 Å². The third-order valence-electron chi connectivity index (χ3n) is 3.59. The number of hydrogen-bond acceptors (Lipinski definition) is 7. The molecule has 0 atom stereocenters. The number of H-pyrrole nitrogens is 1. The van der Waals surface area contributed by atoms with Crippen LogP contribution in [0.15, 0.2) is 23.3 Å². The zero-order valence-corrected chi connectivity index (χ0v) is 16.5. The highest BCUT2D eigenvalue weighted by atomic mass is 127. The zero-order valence-electron chi connectivity index (χ0n) is 14.3. The van der Waals surface area contributed by atoms with Gasteiger partial charge >= 0.3 is 11.2 Å². The molecule has 0 fully saturated rings. The van der Waals surface area contributed by atoms with Crippen molar-refractivity contribution in [2.75, 3.05) is 13.7 Å². The van der Waals surface area contributed by atoms with Gasteiger partial charge in [-0.2, -0.15) is 4.52 Å². The second-order valence-corrected chi connectivity index (χ2v) is 6.39. The average Bonchev–Trinajstić information content (AvgIpc) is 3.10. The number of hydrogen-bond donors (Lipinski definition) is 1. The summed E-state index contributed by atoms with van der Waals surface area (Å²) < 4.78 is 12.6. The van der Waals surface area contributed by atoms with Crippen LogP contribution in [0.2, 0.25) is 0 Å². The largest absolute Gasteiger partial charge is 0.493 e. The fourth-order valence-corrected chi connectivity index (χ4v) is 3.23. The number of aromatic nitrogens is 4. The molecule has 3 aromatic rings. The van der Waals surface area contributed by atoms with E-state index in [2.05, 4.69) is 37.7 Å². The minimum Gasteiger partial charge on any atom is -0.493 e. The summed E-state index contributed by atoms with van der Waals surface area (Å²) in [6, 6.07) is 3.56. The molecule has 11 heteroatoms. The summed E-state index contributed by atoms with van der Waals surface area (Å²) in [6.07, 6.45) is 4.25.